The maximum Gasteiger partial charge on any atom is 0.326 e. The molecule has 0 saturated heterocycles. The Hall–Kier alpha value is -2.51. The molecule has 1 aromatic rings. The minimum absolute atomic E-state index is 0.166. The molecule has 0 aliphatic carbocycles. The molecule has 2 N–H and O–H groups in total. The van der Waals surface area contributed by atoms with Gasteiger partial charge in [-0.1, -0.05) is 19.8 Å². The molecule has 0 spiro atoms. The molecule has 1 atom stereocenters. The van der Waals surface area contributed by atoms with Gasteiger partial charge in [0.05, 0.1) is 4.92 Å². The van der Waals surface area contributed by atoms with E-state index in [4.69, 9.17) is 5.11 Å². The molecule has 0 saturated carbocycles. The highest BCUT2D eigenvalue weighted by Gasteiger charge is 2.22. The summed E-state index contributed by atoms with van der Waals surface area (Å²) in [5.74, 6) is -3.11. The van der Waals surface area contributed by atoms with Gasteiger partial charge in [0.1, 0.15) is 6.04 Å². The molecule has 0 aliphatic heterocycles. The zero-order valence-electron chi connectivity index (χ0n) is 11.3. The second-order valence-corrected chi connectivity index (χ2v) is 4.43. The molecule has 0 aliphatic rings. The number of amides is 1. The van der Waals surface area contributed by atoms with E-state index in [1.807, 2.05) is 6.92 Å². The van der Waals surface area contributed by atoms with Gasteiger partial charge in [0, 0.05) is 11.6 Å². The van der Waals surface area contributed by atoms with Crippen LogP contribution >= 0.6 is 0 Å². The number of unbranched alkanes of at least 4 members (excludes halogenated alkanes) is 1. The van der Waals surface area contributed by atoms with Gasteiger partial charge >= 0.3 is 11.7 Å². The van der Waals surface area contributed by atoms with Gasteiger partial charge in [-0.3, -0.25) is 14.9 Å². The van der Waals surface area contributed by atoms with Gasteiger partial charge in [0.15, 0.2) is 0 Å². The summed E-state index contributed by atoms with van der Waals surface area (Å²) in [6, 6.07) is 1.59. The standard InChI is InChI=1S/C13H15FN2O5/c1-2-3-4-10(13(18)19)15-12(17)8-5-6-11(16(20)21)9(14)7-8/h5-7,10H,2-4H2,1H3,(H,15,17)(H,18,19)/t10-/m0/s1. The number of carboxylic acid groups (broad SMARTS) is 1. The molecule has 114 valence electrons. The summed E-state index contributed by atoms with van der Waals surface area (Å²) in [4.78, 5) is 32.4. The van der Waals surface area contributed by atoms with Crippen molar-refractivity contribution < 1.29 is 24.0 Å². The first-order chi connectivity index (χ1) is 9.86. The van der Waals surface area contributed by atoms with E-state index in [0.29, 0.717) is 12.5 Å². The van der Waals surface area contributed by atoms with Crippen LogP contribution in [0.4, 0.5) is 10.1 Å². The third-order valence-electron chi connectivity index (χ3n) is 2.86. The fourth-order valence-corrected chi connectivity index (χ4v) is 1.70. The number of benzene rings is 1. The Kier molecular flexibility index (Phi) is 5.77. The summed E-state index contributed by atoms with van der Waals surface area (Å²) in [7, 11) is 0. The minimum Gasteiger partial charge on any atom is -0.480 e. The lowest BCUT2D eigenvalue weighted by Gasteiger charge is -2.14. The Morgan fingerprint density at radius 1 is 1.48 bits per heavy atom. The number of hydrogen-bond acceptors (Lipinski definition) is 4. The normalized spacial score (nSPS) is 11.7. The number of nitro groups is 1. The number of halogens is 1. The highest BCUT2D eigenvalue weighted by atomic mass is 19.1. The molecule has 1 rings (SSSR count). The van der Waals surface area contributed by atoms with E-state index >= 15 is 0 Å². The zero-order valence-corrected chi connectivity index (χ0v) is 11.3. The first kappa shape index (κ1) is 16.5. The number of nitrogens with zero attached hydrogens (tertiary/aromatic N) is 1. The molecular formula is C13H15FN2O5. The lowest BCUT2D eigenvalue weighted by Crippen LogP contribution is -2.40. The first-order valence-corrected chi connectivity index (χ1v) is 6.34. The molecule has 1 amide bonds. The van der Waals surface area contributed by atoms with Crippen molar-refractivity contribution in [2.75, 3.05) is 0 Å². The summed E-state index contributed by atoms with van der Waals surface area (Å²) in [5.41, 5.74) is -0.909. The van der Waals surface area contributed by atoms with Gasteiger partial charge in [-0.2, -0.15) is 4.39 Å². The average Bonchev–Trinajstić information content (AvgIpc) is 2.42. The number of hydrogen-bond donors (Lipinski definition) is 2. The van der Waals surface area contributed by atoms with Gasteiger partial charge in [-0.25, -0.2) is 4.79 Å². The van der Waals surface area contributed by atoms with E-state index in [-0.39, 0.29) is 12.0 Å². The molecule has 21 heavy (non-hydrogen) atoms. The van der Waals surface area contributed by atoms with Gasteiger partial charge in [0.25, 0.3) is 5.91 Å². The second-order valence-electron chi connectivity index (χ2n) is 4.43. The molecule has 0 heterocycles. The fraction of sp³-hybridized carbons (Fsp3) is 0.385. The number of carboxylic acids is 1. The summed E-state index contributed by atoms with van der Waals surface area (Å²) < 4.78 is 13.4. The molecule has 7 nitrogen and oxygen atoms in total. The smallest absolute Gasteiger partial charge is 0.326 e. The van der Waals surface area contributed by atoms with E-state index in [0.717, 1.165) is 18.6 Å². The van der Waals surface area contributed by atoms with E-state index in [1.54, 1.807) is 0 Å². The Morgan fingerprint density at radius 3 is 2.62 bits per heavy atom. The third kappa shape index (κ3) is 4.51. The topological polar surface area (TPSA) is 110 Å². The predicted molar refractivity (Wildman–Crippen MR) is 71.5 cm³/mol. The Morgan fingerprint density at radius 2 is 2.14 bits per heavy atom. The fourth-order valence-electron chi connectivity index (χ4n) is 1.70. The van der Waals surface area contributed by atoms with E-state index < -0.39 is 34.3 Å². The third-order valence-corrected chi connectivity index (χ3v) is 2.86. The van der Waals surface area contributed by atoms with Crippen LogP contribution in [-0.4, -0.2) is 27.9 Å². The zero-order chi connectivity index (χ0) is 16.0. The molecule has 0 bridgehead atoms. The summed E-state index contributed by atoms with van der Waals surface area (Å²) in [6.45, 7) is 1.88. The van der Waals surface area contributed by atoms with Crippen molar-refractivity contribution in [3.63, 3.8) is 0 Å². The van der Waals surface area contributed by atoms with Crippen molar-refractivity contribution in [1.82, 2.24) is 5.32 Å². The van der Waals surface area contributed by atoms with Crippen LogP contribution in [0.2, 0.25) is 0 Å². The van der Waals surface area contributed by atoms with Crippen molar-refractivity contribution in [2.45, 2.75) is 32.2 Å². The van der Waals surface area contributed by atoms with Crippen LogP contribution in [0.15, 0.2) is 18.2 Å². The molecule has 0 radical (unpaired) electrons. The molecule has 0 aromatic heterocycles. The van der Waals surface area contributed by atoms with Gasteiger partial charge < -0.3 is 10.4 Å². The Labute approximate surface area is 119 Å². The highest BCUT2D eigenvalue weighted by molar-refractivity contribution is 5.96. The van der Waals surface area contributed by atoms with Crippen molar-refractivity contribution in [1.29, 1.82) is 0 Å². The number of carbonyl (C=O) groups excluding carboxylic acids is 1. The lowest BCUT2D eigenvalue weighted by atomic mass is 10.1. The number of rotatable bonds is 7. The van der Waals surface area contributed by atoms with Crippen LogP contribution in [0.1, 0.15) is 36.5 Å². The molecule has 0 fully saturated rings. The second kappa shape index (κ2) is 7.32. The predicted octanol–water partition coefficient (Wildman–Crippen LogP) is 2.11. The quantitative estimate of drug-likeness (QED) is 0.591. The number of carbonyl (C=O) groups is 2. The van der Waals surface area contributed by atoms with Crippen LogP contribution in [0, 0.1) is 15.9 Å². The van der Waals surface area contributed by atoms with Crippen molar-refractivity contribution in [3.8, 4) is 0 Å². The number of nitro benzene ring substituents is 1. The largest absolute Gasteiger partial charge is 0.480 e. The maximum absolute atomic E-state index is 13.4. The maximum atomic E-state index is 13.4. The number of aliphatic carboxylic acids is 1. The van der Waals surface area contributed by atoms with Gasteiger partial charge in [-0.05, 0) is 18.6 Å². The average molecular weight is 298 g/mol. The lowest BCUT2D eigenvalue weighted by molar-refractivity contribution is -0.387. The minimum atomic E-state index is -1.18. The molecule has 1 aromatic carbocycles. The molecular weight excluding hydrogens is 283 g/mol. The van der Waals surface area contributed by atoms with Crippen molar-refractivity contribution >= 4 is 17.6 Å². The SMILES string of the molecule is CCCC[C@H](NC(=O)c1ccc([N+](=O)[O-])c(F)c1)C(=O)O. The van der Waals surface area contributed by atoms with Gasteiger partial charge in [0.2, 0.25) is 5.82 Å². The first-order valence-electron chi connectivity index (χ1n) is 6.34. The Bertz CT molecular complexity index is 561. The van der Waals surface area contributed by atoms with E-state index in [9.17, 15) is 24.1 Å². The summed E-state index contributed by atoms with van der Waals surface area (Å²) in [6.07, 6.45) is 1.64. The van der Waals surface area contributed by atoms with Crippen LogP contribution in [0.25, 0.3) is 0 Å². The summed E-state index contributed by atoms with van der Waals surface area (Å²) >= 11 is 0. The van der Waals surface area contributed by atoms with Crippen LogP contribution in [0.5, 0.6) is 0 Å². The monoisotopic (exact) mass is 298 g/mol. The van der Waals surface area contributed by atoms with Crippen molar-refractivity contribution in [2.24, 2.45) is 0 Å². The van der Waals surface area contributed by atoms with E-state index in [1.165, 1.54) is 0 Å². The Balaban J connectivity index is 2.85. The van der Waals surface area contributed by atoms with Gasteiger partial charge in [-0.15, -0.1) is 0 Å². The highest BCUT2D eigenvalue weighted by Crippen LogP contribution is 2.18. The van der Waals surface area contributed by atoms with Crippen LogP contribution in [-0.2, 0) is 4.79 Å². The van der Waals surface area contributed by atoms with E-state index in [2.05, 4.69) is 5.32 Å². The van der Waals surface area contributed by atoms with Crippen LogP contribution < -0.4 is 5.32 Å². The molecule has 0 unspecified atom stereocenters. The number of nitrogens with one attached hydrogen (secondary N) is 1. The molecule has 8 heteroatoms. The summed E-state index contributed by atoms with van der Waals surface area (Å²) in [5, 5.41) is 21.7. The van der Waals surface area contributed by atoms with Crippen molar-refractivity contribution in [3.05, 3.63) is 39.7 Å². The van der Waals surface area contributed by atoms with Crippen LogP contribution in [0.3, 0.4) is 0 Å².